The average molecular weight is 189 g/mol. The van der Waals surface area contributed by atoms with E-state index >= 15 is 0 Å². The van der Waals surface area contributed by atoms with E-state index in [9.17, 15) is 4.89 Å². The summed E-state index contributed by atoms with van der Waals surface area (Å²) in [6.45, 7) is 4.10. The van der Waals surface area contributed by atoms with E-state index in [1.165, 1.54) is 0 Å². The van der Waals surface area contributed by atoms with E-state index in [2.05, 4.69) is 6.92 Å². The number of hydrogen-bond donors (Lipinski definition) is 2. The number of hydrogen-bond acceptors (Lipinski definition) is 2. The van der Waals surface area contributed by atoms with Crippen LogP contribution in [0.25, 0.3) is 0 Å². The highest BCUT2D eigenvalue weighted by atomic mass is 31.2. The molecule has 2 atom stereocenters. The van der Waals surface area contributed by atoms with Crippen LogP contribution >= 0.6 is 7.49 Å². The van der Waals surface area contributed by atoms with Gasteiger partial charge in [0.2, 0.25) is 0 Å². The van der Waals surface area contributed by atoms with Crippen molar-refractivity contribution in [2.24, 2.45) is 5.92 Å². The lowest BCUT2D eigenvalue weighted by Gasteiger charge is -2.15. The van der Waals surface area contributed by atoms with E-state index in [4.69, 9.17) is 5.11 Å². The second kappa shape index (κ2) is 3.87. The first kappa shape index (κ1) is 10.2. The molecule has 0 amide bonds. The van der Waals surface area contributed by atoms with Gasteiger partial charge in [-0.15, -0.1) is 0 Å². The summed E-state index contributed by atoms with van der Waals surface area (Å²) in [7, 11) is -1.88. The first-order chi connectivity index (χ1) is 5.62. The molecule has 1 rings (SSSR count). The van der Waals surface area contributed by atoms with Gasteiger partial charge in [-0.1, -0.05) is 6.92 Å². The second-order valence-electron chi connectivity index (χ2n) is 3.66. The van der Waals surface area contributed by atoms with Gasteiger partial charge in [0.15, 0.2) is 7.49 Å². The van der Waals surface area contributed by atoms with Gasteiger partial charge in [-0.3, -0.25) is 0 Å². The van der Waals surface area contributed by atoms with Crippen LogP contribution in [-0.4, -0.2) is 28.9 Å². The Morgan fingerprint density at radius 2 is 2.33 bits per heavy atom. The van der Waals surface area contributed by atoms with Gasteiger partial charge in [0.1, 0.15) is 11.9 Å². The van der Waals surface area contributed by atoms with Crippen molar-refractivity contribution in [3.63, 3.8) is 0 Å². The Hall–Kier alpha value is 0.0900. The molecule has 1 heterocycles. The molecular formula is C9H18O2P+. The Kier molecular flexibility index (Phi) is 3.28. The summed E-state index contributed by atoms with van der Waals surface area (Å²) in [5.74, 6) is 0.629. The molecule has 1 fully saturated rings. The van der Waals surface area contributed by atoms with Crippen LogP contribution in [-0.2, 0) is 0 Å². The molecule has 0 spiro atoms. The molecule has 0 aromatic carbocycles. The van der Waals surface area contributed by atoms with Gasteiger partial charge in [-0.2, -0.15) is 0 Å². The molecule has 12 heavy (non-hydrogen) atoms. The van der Waals surface area contributed by atoms with Crippen molar-refractivity contribution in [1.29, 1.82) is 0 Å². The van der Waals surface area contributed by atoms with Crippen LogP contribution < -0.4 is 0 Å². The lowest BCUT2D eigenvalue weighted by Crippen LogP contribution is -2.02. The van der Waals surface area contributed by atoms with E-state index in [0.29, 0.717) is 5.92 Å². The predicted molar refractivity (Wildman–Crippen MR) is 53.5 cm³/mol. The Morgan fingerprint density at radius 1 is 1.67 bits per heavy atom. The number of allylic oxidation sites excluding steroid dienone is 1. The maximum absolute atomic E-state index is 10.2. The topological polar surface area (TPSA) is 40.5 Å². The predicted octanol–water partition coefficient (Wildman–Crippen LogP) is 1.85. The summed E-state index contributed by atoms with van der Waals surface area (Å²) >= 11 is 0. The highest BCUT2D eigenvalue weighted by molar-refractivity contribution is 7.74. The molecule has 0 bridgehead atoms. The van der Waals surface area contributed by atoms with Crippen molar-refractivity contribution in [1.82, 2.24) is 0 Å². The Bertz CT molecular complexity index is 191. The molecule has 0 aromatic rings. The summed E-state index contributed by atoms with van der Waals surface area (Å²) in [6.07, 6.45) is 4.81. The lowest BCUT2D eigenvalue weighted by molar-refractivity contribution is 0.336. The molecule has 0 aliphatic carbocycles. The molecule has 3 heteroatoms. The molecule has 0 saturated carbocycles. The van der Waals surface area contributed by atoms with E-state index in [-0.39, 0.29) is 6.61 Å². The summed E-state index contributed by atoms with van der Waals surface area (Å²) in [6, 6.07) is 0. The highest BCUT2D eigenvalue weighted by Crippen LogP contribution is 2.67. The molecule has 2 unspecified atom stereocenters. The van der Waals surface area contributed by atoms with Gasteiger partial charge in [0, 0.05) is 0 Å². The van der Waals surface area contributed by atoms with Crippen LogP contribution in [0.2, 0.25) is 0 Å². The molecule has 2 N–H and O–H groups in total. The average Bonchev–Trinajstić information content (AvgIpc) is 2.34. The summed E-state index contributed by atoms with van der Waals surface area (Å²) in [5.41, 5.74) is 0. The maximum atomic E-state index is 10.2. The van der Waals surface area contributed by atoms with Gasteiger partial charge >= 0.3 is 0 Å². The zero-order valence-corrected chi connectivity index (χ0v) is 8.72. The summed E-state index contributed by atoms with van der Waals surface area (Å²) in [5, 5.41) is 9.93. The van der Waals surface area contributed by atoms with Crippen molar-refractivity contribution in [2.75, 3.05) is 18.9 Å². The third-order valence-corrected chi connectivity index (χ3v) is 6.33. The van der Waals surface area contributed by atoms with Gasteiger partial charge < -0.3 is 5.11 Å². The van der Waals surface area contributed by atoms with Crippen molar-refractivity contribution in [3.05, 3.63) is 11.4 Å². The molecular weight excluding hydrogens is 171 g/mol. The smallest absolute Gasteiger partial charge is 0.172 e. The van der Waals surface area contributed by atoms with Crippen LogP contribution in [0, 0.1) is 5.92 Å². The zero-order chi connectivity index (χ0) is 9.19. The van der Waals surface area contributed by atoms with Crippen LogP contribution in [0.3, 0.4) is 0 Å². The third-order valence-electron chi connectivity index (χ3n) is 2.64. The highest BCUT2D eigenvalue weighted by Gasteiger charge is 2.46. The van der Waals surface area contributed by atoms with E-state index < -0.39 is 7.49 Å². The third kappa shape index (κ3) is 1.87. The van der Waals surface area contributed by atoms with Crippen molar-refractivity contribution < 1.29 is 10.00 Å². The molecule has 70 valence electrons. The van der Waals surface area contributed by atoms with Crippen molar-refractivity contribution in [3.8, 4) is 0 Å². The molecule has 1 aliphatic rings. The van der Waals surface area contributed by atoms with Gasteiger partial charge in [-0.25, -0.2) is 4.89 Å². The molecule has 0 aromatic heterocycles. The van der Waals surface area contributed by atoms with Gasteiger partial charge in [0.25, 0.3) is 0 Å². The summed E-state index contributed by atoms with van der Waals surface area (Å²) < 4.78 is 0. The minimum Gasteiger partial charge on any atom is -0.388 e. The largest absolute Gasteiger partial charge is 0.388 e. The van der Waals surface area contributed by atoms with E-state index in [1.54, 1.807) is 0 Å². The Morgan fingerprint density at radius 3 is 2.67 bits per heavy atom. The van der Waals surface area contributed by atoms with Crippen LogP contribution in [0.5, 0.6) is 0 Å². The normalized spacial score (nSPS) is 37.3. The fraction of sp³-hybridized carbons (Fsp3) is 0.778. The number of aliphatic hydroxyl groups excluding tert-OH is 1. The maximum Gasteiger partial charge on any atom is 0.172 e. The van der Waals surface area contributed by atoms with E-state index in [1.807, 2.05) is 13.0 Å². The van der Waals surface area contributed by atoms with Gasteiger partial charge in [-0.05, 0) is 25.3 Å². The van der Waals surface area contributed by atoms with Crippen LogP contribution in [0.15, 0.2) is 11.4 Å². The lowest BCUT2D eigenvalue weighted by atomic mass is 10.2. The molecule has 0 radical (unpaired) electrons. The van der Waals surface area contributed by atoms with Crippen molar-refractivity contribution in [2.45, 2.75) is 20.3 Å². The SMILES string of the molecule is CC=C(CO)[P+]1(O)CCC(C)C1. The first-order valence-electron chi connectivity index (χ1n) is 4.49. The number of rotatable bonds is 2. The fourth-order valence-electron chi connectivity index (χ4n) is 1.86. The van der Waals surface area contributed by atoms with Crippen LogP contribution in [0.1, 0.15) is 20.3 Å². The second-order valence-corrected chi connectivity index (χ2v) is 6.89. The van der Waals surface area contributed by atoms with E-state index in [0.717, 1.165) is 24.1 Å². The number of aliphatic hydroxyl groups is 1. The van der Waals surface area contributed by atoms with Crippen LogP contribution in [0.4, 0.5) is 0 Å². The summed E-state index contributed by atoms with van der Waals surface area (Å²) in [4.78, 5) is 10.2. The fourth-order valence-corrected chi connectivity index (χ4v) is 5.39. The minimum absolute atomic E-state index is 0.0352. The quantitative estimate of drug-likeness (QED) is 0.651. The molecule has 1 saturated heterocycles. The molecule has 1 aliphatic heterocycles. The van der Waals surface area contributed by atoms with Gasteiger partial charge in [0.05, 0.1) is 12.3 Å². The first-order valence-corrected chi connectivity index (χ1v) is 6.60. The van der Waals surface area contributed by atoms with Crippen molar-refractivity contribution >= 4 is 7.49 Å². The molecule has 2 nitrogen and oxygen atoms in total. The Balaban J connectivity index is 2.72. The minimum atomic E-state index is -1.88. The zero-order valence-electron chi connectivity index (χ0n) is 7.82. The monoisotopic (exact) mass is 189 g/mol. The Labute approximate surface area is 74.7 Å². The standard InChI is InChI=1S/C9H18O2P/c1-3-9(6-10)12(11)5-4-8(2)7-12/h3,8,10-11H,4-7H2,1-2H3/q+1.